The standard InChI is InChI=1S/C20H16N2O3/c1-15-12-13-18(21(25)14-15)22(19(23)16-8-4-2-5-9-16)20(24)17-10-6-3-7-11-17/h2-14H,1H3. The molecule has 1 aromatic heterocycles. The SMILES string of the molecule is Cc1ccc(N(C(=O)c2ccccc2)C(=O)c2ccccc2)[n+]([O-])c1. The van der Waals surface area contributed by atoms with Gasteiger partial charge in [0.15, 0.2) is 0 Å². The van der Waals surface area contributed by atoms with E-state index in [1.165, 1.54) is 12.3 Å². The Morgan fingerprint density at radius 3 is 1.72 bits per heavy atom. The number of aromatic nitrogens is 1. The van der Waals surface area contributed by atoms with Gasteiger partial charge in [0.1, 0.15) is 0 Å². The number of imide groups is 1. The van der Waals surface area contributed by atoms with Gasteiger partial charge in [0.05, 0.1) is 17.3 Å². The summed E-state index contributed by atoms with van der Waals surface area (Å²) in [6.07, 6.45) is 1.33. The van der Waals surface area contributed by atoms with Crippen LogP contribution < -0.4 is 9.63 Å². The van der Waals surface area contributed by atoms with E-state index in [2.05, 4.69) is 0 Å². The highest BCUT2D eigenvalue weighted by Crippen LogP contribution is 2.17. The fraction of sp³-hybridized carbons (Fsp3) is 0.0500. The number of rotatable bonds is 3. The first kappa shape index (κ1) is 16.4. The summed E-state index contributed by atoms with van der Waals surface area (Å²) in [5.41, 5.74) is 1.39. The Hall–Kier alpha value is -3.47. The van der Waals surface area contributed by atoms with Crippen LogP contribution in [0.3, 0.4) is 0 Å². The number of hydrogen-bond acceptors (Lipinski definition) is 3. The summed E-state index contributed by atoms with van der Waals surface area (Å²) in [5.74, 6) is -1.14. The Morgan fingerprint density at radius 1 is 0.800 bits per heavy atom. The number of pyridine rings is 1. The molecule has 0 radical (unpaired) electrons. The predicted molar refractivity (Wildman–Crippen MR) is 94.2 cm³/mol. The lowest BCUT2D eigenvalue weighted by atomic mass is 10.1. The van der Waals surface area contributed by atoms with E-state index in [1.54, 1.807) is 73.7 Å². The lowest BCUT2D eigenvalue weighted by Crippen LogP contribution is -2.45. The van der Waals surface area contributed by atoms with Crippen LogP contribution in [0.4, 0.5) is 5.82 Å². The highest BCUT2D eigenvalue weighted by atomic mass is 16.5. The predicted octanol–water partition coefficient (Wildman–Crippen LogP) is 3.12. The van der Waals surface area contributed by atoms with E-state index in [0.29, 0.717) is 15.9 Å². The van der Waals surface area contributed by atoms with E-state index in [0.717, 1.165) is 10.5 Å². The number of carbonyl (C=O) groups is 2. The van der Waals surface area contributed by atoms with Crippen molar-refractivity contribution in [1.82, 2.24) is 0 Å². The van der Waals surface area contributed by atoms with E-state index in [9.17, 15) is 14.8 Å². The van der Waals surface area contributed by atoms with Gasteiger partial charge in [-0.15, -0.1) is 4.90 Å². The summed E-state index contributed by atoms with van der Waals surface area (Å²) in [6.45, 7) is 1.76. The van der Waals surface area contributed by atoms with Gasteiger partial charge in [-0.25, -0.2) is 14.3 Å². The molecule has 0 unspecified atom stereocenters. The van der Waals surface area contributed by atoms with Gasteiger partial charge >= 0.3 is 11.8 Å². The summed E-state index contributed by atoms with van der Waals surface area (Å²) in [6, 6.07) is 20.0. The second-order valence-corrected chi connectivity index (χ2v) is 5.57. The zero-order chi connectivity index (χ0) is 17.8. The normalized spacial score (nSPS) is 10.3. The molecule has 0 spiro atoms. The molecule has 0 aliphatic heterocycles. The van der Waals surface area contributed by atoms with Crippen LogP contribution in [-0.4, -0.2) is 11.8 Å². The largest absolute Gasteiger partial charge is 0.711 e. The van der Waals surface area contributed by atoms with E-state index < -0.39 is 11.8 Å². The number of amides is 2. The van der Waals surface area contributed by atoms with E-state index in [4.69, 9.17) is 0 Å². The summed E-state index contributed by atoms with van der Waals surface area (Å²) < 4.78 is 0.539. The van der Waals surface area contributed by atoms with Crippen molar-refractivity contribution in [3.05, 3.63) is 101 Å². The molecule has 1 heterocycles. The van der Waals surface area contributed by atoms with Crippen LogP contribution in [0.25, 0.3) is 0 Å². The molecule has 124 valence electrons. The van der Waals surface area contributed by atoms with Crippen LogP contribution in [0, 0.1) is 12.1 Å². The minimum atomic E-state index is -0.553. The van der Waals surface area contributed by atoms with Crippen molar-refractivity contribution in [1.29, 1.82) is 0 Å². The summed E-state index contributed by atoms with van der Waals surface area (Å²) in [7, 11) is 0. The summed E-state index contributed by atoms with van der Waals surface area (Å²) in [4.78, 5) is 26.8. The van der Waals surface area contributed by atoms with Gasteiger partial charge in [0, 0.05) is 6.07 Å². The molecule has 2 aromatic carbocycles. The molecule has 0 aliphatic rings. The number of carbonyl (C=O) groups excluding carboxylic acids is 2. The molecule has 25 heavy (non-hydrogen) atoms. The number of anilines is 1. The second-order valence-electron chi connectivity index (χ2n) is 5.57. The fourth-order valence-corrected chi connectivity index (χ4v) is 2.47. The van der Waals surface area contributed by atoms with Gasteiger partial charge < -0.3 is 5.21 Å². The van der Waals surface area contributed by atoms with Crippen LogP contribution in [0.1, 0.15) is 26.3 Å². The molecule has 2 amide bonds. The van der Waals surface area contributed by atoms with Gasteiger partial charge in [-0.05, 0) is 42.8 Å². The summed E-state index contributed by atoms with van der Waals surface area (Å²) >= 11 is 0. The molecular formula is C20H16N2O3. The van der Waals surface area contributed by atoms with Crippen molar-refractivity contribution in [3.8, 4) is 0 Å². The molecule has 0 atom stereocenters. The van der Waals surface area contributed by atoms with Crippen LogP contribution in [0.2, 0.25) is 0 Å². The molecule has 0 saturated heterocycles. The third kappa shape index (κ3) is 3.40. The van der Waals surface area contributed by atoms with Gasteiger partial charge in [0.25, 0.3) is 5.82 Å². The molecule has 0 bridgehead atoms. The Balaban J connectivity index is 2.11. The Bertz CT molecular complexity index is 857. The van der Waals surface area contributed by atoms with Crippen molar-refractivity contribution < 1.29 is 14.3 Å². The fourth-order valence-electron chi connectivity index (χ4n) is 2.47. The molecular weight excluding hydrogens is 316 g/mol. The van der Waals surface area contributed by atoms with E-state index >= 15 is 0 Å². The first-order valence-corrected chi connectivity index (χ1v) is 7.76. The van der Waals surface area contributed by atoms with Crippen molar-refractivity contribution in [2.24, 2.45) is 0 Å². The lowest BCUT2D eigenvalue weighted by Gasteiger charge is -2.17. The zero-order valence-corrected chi connectivity index (χ0v) is 13.6. The number of benzene rings is 2. The first-order chi connectivity index (χ1) is 12.1. The van der Waals surface area contributed by atoms with Crippen molar-refractivity contribution in [2.75, 3.05) is 4.90 Å². The van der Waals surface area contributed by atoms with E-state index in [-0.39, 0.29) is 5.82 Å². The highest BCUT2D eigenvalue weighted by Gasteiger charge is 2.35. The maximum atomic E-state index is 13.0. The van der Waals surface area contributed by atoms with Gasteiger partial charge in [-0.2, -0.15) is 0 Å². The molecule has 5 heteroatoms. The van der Waals surface area contributed by atoms with Crippen molar-refractivity contribution in [2.45, 2.75) is 6.92 Å². The molecule has 3 rings (SSSR count). The molecule has 5 nitrogen and oxygen atoms in total. The number of hydrogen-bond donors (Lipinski definition) is 0. The third-order valence-corrected chi connectivity index (χ3v) is 3.72. The van der Waals surface area contributed by atoms with Crippen molar-refractivity contribution in [3.63, 3.8) is 0 Å². The maximum Gasteiger partial charge on any atom is 0.349 e. The van der Waals surface area contributed by atoms with Crippen LogP contribution in [0.15, 0.2) is 79.0 Å². The molecule has 0 saturated carbocycles. The van der Waals surface area contributed by atoms with Gasteiger partial charge in [-0.1, -0.05) is 36.4 Å². The number of nitrogens with zero attached hydrogens (tertiary/aromatic N) is 2. The third-order valence-electron chi connectivity index (χ3n) is 3.72. The molecule has 0 fully saturated rings. The average Bonchev–Trinajstić information content (AvgIpc) is 2.65. The smallest absolute Gasteiger partial charge is 0.349 e. The second kappa shape index (κ2) is 6.97. The highest BCUT2D eigenvalue weighted by molar-refractivity contribution is 6.24. The summed E-state index contributed by atoms with van der Waals surface area (Å²) in [5, 5.41) is 12.3. The first-order valence-electron chi connectivity index (χ1n) is 7.76. The monoisotopic (exact) mass is 332 g/mol. The molecule has 0 aliphatic carbocycles. The van der Waals surface area contributed by atoms with E-state index in [1.807, 2.05) is 0 Å². The minimum absolute atomic E-state index is 0.0340. The zero-order valence-electron chi connectivity index (χ0n) is 13.6. The number of aryl methyl sites for hydroxylation is 1. The Labute approximate surface area is 145 Å². The van der Waals surface area contributed by atoms with Crippen molar-refractivity contribution >= 4 is 17.6 Å². The van der Waals surface area contributed by atoms with Crippen LogP contribution in [0.5, 0.6) is 0 Å². The topological polar surface area (TPSA) is 64.3 Å². The minimum Gasteiger partial charge on any atom is -0.711 e. The lowest BCUT2D eigenvalue weighted by molar-refractivity contribution is -0.591. The maximum absolute atomic E-state index is 13.0. The van der Waals surface area contributed by atoms with Gasteiger partial charge in [0.2, 0.25) is 0 Å². The Kier molecular flexibility index (Phi) is 4.57. The Morgan fingerprint density at radius 2 is 1.28 bits per heavy atom. The van der Waals surface area contributed by atoms with Gasteiger partial charge in [-0.3, -0.25) is 0 Å². The quantitative estimate of drug-likeness (QED) is 0.420. The molecule has 0 N–H and O–H groups in total. The average molecular weight is 332 g/mol. The van der Waals surface area contributed by atoms with Crippen LogP contribution in [-0.2, 0) is 0 Å². The van der Waals surface area contributed by atoms with Crippen LogP contribution >= 0.6 is 0 Å². The molecule has 3 aromatic rings.